The molecular formula is C21H26N2OS. The Kier molecular flexibility index (Phi) is 6.54. The molecule has 3 nitrogen and oxygen atoms in total. The second-order valence-electron chi connectivity index (χ2n) is 6.60. The Morgan fingerprint density at radius 1 is 1.08 bits per heavy atom. The lowest BCUT2D eigenvalue weighted by Gasteiger charge is -2.26. The predicted octanol–water partition coefficient (Wildman–Crippen LogP) is 4.79. The van der Waals surface area contributed by atoms with Crippen molar-refractivity contribution < 1.29 is 4.79 Å². The number of rotatable bonds is 6. The van der Waals surface area contributed by atoms with Gasteiger partial charge in [0.25, 0.3) is 0 Å². The number of thioether (sulfide) groups is 1. The van der Waals surface area contributed by atoms with Crippen LogP contribution in [-0.4, -0.2) is 29.1 Å². The molecule has 0 saturated carbocycles. The van der Waals surface area contributed by atoms with Gasteiger partial charge in [-0.1, -0.05) is 36.8 Å². The second kappa shape index (κ2) is 9.07. The van der Waals surface area contributed by atoms with Crippen LogP contribution in [0.25, 0.3) is 0 Å². The van der Waals surface area contributed by atoms with Crippen molar-refractivity contribution in [2.24, 2.45) is 0 Å². The highest BCUT2D eigenvalue weighted by molar-refractivity contribution is 8.00. The molecule has 132 valence electrons. The number of nitrogens with one attached hydrogen (secondary N) is 1. The van der Waals surface area contributed by atoms with Crippen LogP contribution < -0.4 is 5.32 Å². The molecular weight excluding hydrogens is 328 g/mol. The maximum atomic E-state index is 12.5. The monoisotopic (exact) mass is 354 g/mol. The molecule has 1 aliphatic rings. The predicted molar refractivity (Wildman–Crippen MR) is 106 cm³/mol. The number of likely N-dealkylation sites (tertiary alicyclic amines) is 1. The van der Waals surface area contributed by atoms with Crippen LogP contribution in [-0.2, 0) is 11.3 Å². The van der Waals surface area contributed by atoms with Crippen LogP contribution in [0.3, 0.4) is 0 Å². The number of benzene rings is 2. The summed E-state index contributed by atoms with van der Waals surface area (Å²) in [4.78, 5) is 16.1. The zero-order valence-electron chi connectivity index (χ0n) is 14.8. The van der Waals surface area contributed by atoms with Crippen molar-refractivity contribution in [2.45, 2.75) is 42.9 Å². The summed E-state index contributed by atoms with van der Waals surface area (Å²) in [6.07, 6.45) is 3.94. The van der Waals surface area contributed by atoms with Crippen LogP contribution in [0.15, 0.2) is 59.5 Å². The van der Waals surface area contributed by atoms with E-state index in [0.717, 1.165) is 17.1 Å². The number of hydrogen-bond donors (Lipinski definition) is 1. The molecule has 1 atom stereocenters. The summed E-state index contributed by atoms with van der Waals surface area (Å²) in [5.41, 5.74) is 2.16. The Balaban J connectivity index is 1.56. The first-order valence-electron chi connectivity index (χ1n) is 9.04. The van der Waals surface area contributed by atoms with Crippen LogP contribution in [0.4, 0.5) is 5.69 Å². The molecule has 2 aromatic rings. The van der Waals surface area contributed by atoms with Gasteiger partial charge in [0.2, 0.25) is 5.91 Å². The average Bonchev–Trinajstić information content (AvgIpc) is 2.63. The van der Waals surface area contributed by atoms with Crippen LogP contribution in [0, 0.1) is 0 Å². The fraction of sp³-hybridized carbons (Fsp3) is 0.381. The van der Waals surface area contributed by atoms with E-state index in [1.54, 1.807) is 11.8 Å². The van der Waals surface area contributed by atoms with Gasteiger partial charge in [-0.15, -0.1) is 11.8 Å². The number of carbonyl (C=O) groups excluding carboxylic acids is 1. The Hall–Kier alpha value is -1.78. The summed E-state index contributed by atoms with van der Waals surface area (Å²) in [6.45, 7) is 5.28. The molecule has 25 heavy (non-hydrogen) atoms. The molecule has 0 spiro atoms. The van der Waals surface area contributed by atoms with Gasteiger partial charge in [0, 0.05) is 17.1 Å². The number of nitrogens with zero attached hydrogens (tertiary/aromatic N) is 1. The molecule has 2 aromatic carbocycles. The van der Waals surface area contributed by atoms with Crippen molar-refractivity contribution in [3.05, 3.63) is 60.2 Å². The van der Waals surface area contributed by atoms with Crippen molar-refractivity contribution in [2.75, 3.05) is 18.4 Å². The number of carbonyl (C=O) groups is 1. The highest BCUT2D eigenvalue weighted by Crippen LogP contribution is 2.24. The van der Waals surface area contributed by atoms with Gasteiger partial charge in [0.05, 0.1) is 5.25 Å². The molecule has 0 aliphatic carbocycles. The third-order valence-corrected chi connectivity index (χ3v) is 5.59. The fourth-order valence-electron chi connectivity index (χ4n) is 3.12. The molecule has 4 heteroatoms. The summed E-state index contributed by atoms with van der Waals surface area (Å²) in [6, 6.07) is 18.3. The van der Waals surface area contributed by atoms with Crippen LogP contribution in [0.2, 0.25) is 0 Å². The summed E-state index contributed by atoms with van der Waals surface area (Å²) in [7, 11) is 0. The van der Waals surface area contributed by atoms with Gasteiger partial charge >= 0.3 is 0 Å². The Morgan fingerprint density at radius 3 is 2.60 bits per heavy atom. The van der Waals surface area contributed by atoms with Gasteiger partial charge in [-0.05, 0) is 62.7 Å². The lowest BCUT2D eigenvalue weighted by atomic mass is 10.1. The van der Waals surface area contributed by atoms with E-state index in [0.29, 0.717) is 0 Å². The Morgan fingerprint density at radius 2 is 1.84 bits per heavy atom. The smallest absolute Gasteiger partial charge is 0.237 e. The third-order valence-electron chi connectivity index (χ3n) is 4.47. The van der Waals surface area contributed by atoms with E-state index in [2.05, 4.69) is 22.3 Å². The van der Waals surface area contributed by atoms with Crippen molar-refractivity contribution in [1.29, 1.82) is 0 Å². The fourth-order valence-corrected chi connectivity index (χ4v) is 4.01. The summed E-state index contributed by atoms with van der Waals surface area (Å²) in [5.74, 6) is 0.0453. The van der Waals surface area contributed by atoms with E-state index in [9.17, 15) is 4.79 Å². The highest BCUT2D eigenvalue weighted by atomic mass is 32.2. The molecule has 1 saturated heterocycles. The van der Waals surface area contributed by atoms with Gasteiger partial charge in [-0.3, -0.25) is 9.69 Å². The van der Waals surface area contributed by atoms with E-state index in [1.165, 1.54) is 37.9 Å². The quantitative estimate of drug-likeness (QED) is 0.757. The maximum Gasteiger partial charge on any atom is 0.237 e. The minimum Gasteiger partial charge on any atom is -0.325 e. The number of hydrogen-bond acceptors (Lipinski definition) is 3. The lowest BCUT2D eigenvalue weighted by molar-refractivity contribution is -0.115. The molecule has 0 aromatic heterocycles. The minimum atomic E-state index is -0.131. The maximum absolute atomic E-state index is 12.5. The molecule has 1 aliphatic heterocycles. The van der Waals surface area contributed by atoms with Crippen molar-refractivity contribution in [3.63, 3.8) is 0 Å². The molecule has 1 fully saturated rings. The SMILES string of the molecule is CC(Sc1ccccc1)C(=O)Nc1cccc(CN2CCCCC2)c1. The van der Waals surface area contributed by atoms with Crippen molar-refractivity contribution in [3.8, 4) is 0 Å². The zero-order valence-corrected chi connectivity index (χ0v) is 15.6. The molecule has 0 radical (unpaired) electrons. The van der Waals surface area contributed by atoms with Crippen LogP contribution in [0.1, 0.15) is 31.7 Å². The van der Waals surface area contributed by atoms with Gasteiger partial charge in [0.1, 0.15) is 0 Å². The van der Waals surface area contributed by atoms with Crippen molar-refractivity contribution in [1.82, 2.24) is 4.90 Å². The van der Waals surface area contributed by atoms with E-state index in [4.69, 9.17) is 0 Å². The third kappa shape index (κ3) is 5.62. The van der Waals surface area contributed by atoms with Crippen molar-refractivity contribution >= 4 is 23.4 Å². The van der Waals surface area contributed by atoms with Gasteiger partial charge in [-0.25, -0.2) is 0 Å². The first-order valence-corrected chi connectivity index (χ1v) is 9.92. The summed E-state index contributed by atoms with van der Waals surface area (Å²) >= 11 is 1.58. The Bertz CT molecular complexity index is 683. The minimum absolute atomic E-state index is 0.0453. The number of anilines is 1. The summed E-state index contributed by atoms with van der Waals surface area (Å²) < 4.78 is 0. The van der Waals surface area contributed by atoms with E-state index in [1.807, 2.05) is 49.4 Å². The molecule has 1 N–H and O–H groups in total. The number of amides is 1. The zero-order chi connectivity index (χ0) is 17.5. The average molecular weight is 355 g/mol. The topological polar surface area (TPSA) is 32.3 Å². The normalized spacial score (nSPS) is 16.4. The first kappa shape index (κ1) is 18.0. The molecule has 1 unspecified atom stereocenters. The van der Waals surface area contributed by atoms with Crippen LogP contribution >= 0.6 is 11.8 Å². The molecule has 1 heterocycles. The standard InChI is InChI=1S/C21H26N2OS/c1-17(25-20-11-4-2-5-12-20)21(24)22-19-10-8-9-18(15-19)16-23-13-6-3-7-14-23/h2,4-5,8-12,15,17H,3,6-7,13-14,16H2,1H3,(H,22,24). The van der Waals surface area contributed by atoms with E-state index < -0.39 is 0 Å². The van der Waals surface area contributed by atoms with Gasteiger partial charge in [0.15, 0.2) is 0 Å². The molecule has 0 bridgehead atoms. The largest absolute Gasteiger partial charge is 0.325 e. The Labute approximate surface area is 154 Å². The second-order valence-corrected chi connectivity index (χ2v) is 8.01. The van der Waals surface area contributed by atoms with Gasteiger partial charge in [-0.2, -0.15) is 0 Å². The lowest BCUT2D eigenvalue weighted by Crippen LogP contribution is -2.29. The van der Waals surface area contributed by atoms with E-state index in [-0.39, 0.29) is 11.2 Å². The molecule has 1 amide bonds. The first-order chi connectivity index (χ1) is 12.2. The number of piperidine rings is 1. The van der Waals surface area contributed by atoms with Crippen LogP contribution in [0.5, 0.6) is 0 Å². The highest BCUT2D eigenvalue weighted by Gasteiger charge is 2.15. The molecule has 3 rings (SSSR count). The van der Waals surface area contributed by atoms with Gasteiger partial charge < -0.3 is 5.32 Å². The summed E-state index contributed by atoms with van der Waals surface area (Å²) in [5, 5.41) is 2.93. The van der Waals surface area contributed by atoms with E-state index >= 15 is 0 Å².